The van der Waals surface area contributed by atoms with E-state index in [9.17, 15) is 13.6 Å². The summed E-state index contributed by atoms with van der Waals surface area (Å²) in [6.45, 7) is 4.15. The average molecular weight is 425 g/mol. The third-order valence-corrected chi connectivity index (χ3v) is 5.59. The van der Waals surface area contributed by atoms with E-state index < -0.39 is 11.6 Å². The van der Waals surface area contributed by atoms with E-state index in [4.69, 9.17) is 4.42 Å². The van der Waals surface area contributed by atoms with Crippen molar-refractivity contribution in [3.8, 4) is 11.3 Å². The van der Waals surface area contributed by atoms with E-state index in [0.717, 1.165) is 32.1 Å². The smallest absolute Gasteiger partial charge is 0.223 e. The molecule has 3 aromatic rings. The van der Waals surface area contributed by atoms with Gasteiger partial charge in [-0.2, -0.15) is 0 Å². The molecule has 0 aliphatic carbocycles. The summed E-state index contributed by atoms with van der Waals surface area (Å²) in [4.78, 5) is 21.0. The van der Waals surface area contributed by atoms with Crippen molar-refractivity contribution in [1.82, 2.24) is 14.8 Å². The van der Waals surface area contributed by atoms with Gasteiger partial charge >= 0.3 is 0 Å². The van der Waals surface area contributed by atoms with Crippen LogP contribution in [-0.4, -0.2) is 53.4 Å². The molecule has 5 nitrogen and oxygen atoms in total. The van der Waals surface area contributed by atoms with Crippen LogP contribution in [0.2, 0.25) is 0 Å². The Kier molecular flexibility index (Phi) is 6.72. The molecule has 0 unspecified atom stereocenters. The molecule has 162 valence electrons. The number of aryl methyl sites for hydroxylation is 1. The Balaban J connectivity index is 1.22. The summed E-state index contributed by atoms with van der Waals surface area (Å²) in [7, 11) is 0. The highest BCUT2D eigenvalue weighted by atomic mass is 19.1. The van der Waals surface area contributed by atoms with Crippen molar-refractivity contribution in [2.24, 2.45) is 0 Å². The van der Waals surface area contributed by atoms with E-state index in [0.29, 0.717) is 25.4 Å². The largest absolute Gasteiger partial charge is 0.441 e. The monoisotopic (exact) mass is 425 g/mol. The number of hydrogen-bond donors (Lipinski definition) is 0. The van der Waals surface area contributed by atoms with Crippen LogP contribution in [0.1, 0.15) is 17.9 Å². The van der Waals surface area contributed by atoms with Crippen molar-refractivity contribution >= 4 is 5.91 Å². The molecule has 1 fully saturated rings. The predicted molar refractivity (Wildman–Crippen MR) is 113 cm³/mol. The molecule has 1 aliphatic rings. The van der Waals surface area contributed by atoms with E-state index in [1.165, 1.54) is 23.9 Å². The van der Waals surface area contributed by atoms with Crippen molar-refractivity contribution in [1.29, 1.82) is 0 Å². The number of halogens is 2. The van der Waals surface area contributed by atoms with Gasteiger partial charge in [-0.15, -0.1) is 0 Å². The summed E-state index contributed by atoms with van der Waals surface area (Å²) < 4.78 is 32.5. The van der Waals surface area contributed by atoms with E-state index in [2.05, 4.69) is 34.1 Å². The van der Waals surface area contributed by atoms with Crippen LogP contribution in [0, 0.1) is 11.6 Å². The fourth-order valence-electron chi connectivity index (χ4n) is 3.76. The van der Waals surface area contributed by atoms with E-state index in [1.807, 2.05) is 11.0 Å². The van der Waals surface area contributed by atoms with Gasteiger partial charge in [0.15, 0.2) is 11.7 Å². The lowest BCUT2D eigenvalue weighted by atomic mass is 10.1. The molecule has 1 aromatic heterocycles. The molecule has 0 spiro atoms. The van der Waals surface area contributed by atoms with E-state index in [1.54, 1.807) is 0 Å². The van der Waals surface area contributed by atoms with Gasteiger partial charge in [-0.3, -0.25) is 9.69 Å². The Morgan fingerprint density at radius 2 is 1.77 bits per heavy atom. The molecular formula is C24H25F2N3O2. The first kappa shape index (κ1) is 21.2. The minimum atomic E-state index is -0.705. The molecule has 0 bridgehead atoms. The second-order valence-corrected chi connectivity index (χ2v) is 7.70. The highest BCUT2D eigenvalue weighted by Crippen LogP contribution is 2.24. The van der Waals surface area contributed by atoms with Crippen LogP contribution in [0.15, 0.2) is 59.1 Å². The summed E-state index contributed by atoms with van der Waals surface area (Å²) in [5.74, 6) is -0.688. The number of aromatic nitrogens is 1. The van der Waals surface area contributed by atoms with Gasteiger partial charge in [0.2, 0.25) is 5.91 Å². The minimum absolute atomic E-state index is 0.0652. The summed E-state index contributed by atoms with van der Waals surface area (Å²) in [5.41, 5.74) is 1.48. The van der Waals surface area contributed by atoms with Crippen molar-refractivity contribution in [3.05, 3.63) is 77.8 Å². The Morgan fingerprint density at radius 3 is 2.52 bits per heavy atom. The quantitative estimate of drug-likeness (QED) is 0.575. The van der Waals surface area contributed by atoms with Crippen LogP contribution >= 0.6 is 0 Å². The number of oxazole rings is 1. The molecule has 7 heteroatoms. The standard InChI is InChI=1S/C24H25F2N3O2/c25-19-6-7-20(21(26)16-19)22-17-27-23(31-22)8-9-24(30)29-14-12-28(13-15-29)11-10-18-4-2-1-3-5-18/h1-7,16-17H,8-15H2. The van der Waals surface area contributed by atoms with Gasteiger partial charge in [0.1, 0.15) is 11.6 Å². The maximum atomic E-state index is 13.9. The molecular weight excluding hydrogens is 400 g/mol. The maximum absolute atomic E-state index is 13.9. The number of piperazine rings is 1. The summed E-state index contributed by atoms with van der Waals surface area (Å²) >= 11 is 0. The average Bonchev–Trinajstić information content (AvgIpc) is 3.26. The number of nitrogens with zero attached hydrogens (tertiary/aromatic N) is 3. The fraction of sp³-hybridized carbons (Fsp3) is 0.333. The number of rotatable bonds is 7. The number of hydrogen-bond acceptors (Lipinski definition) is 4. The van der Waals surface area contributed by atoms with Crippen LogP contribution in [0.5, 0.6) is 0 Å². The maximum Gasteiger partial charge on any atom is 0.223 e. The number of carbonyl (C=O) groups is 1. The van der Waals surface area contributed by atoms with Crippen LogP contribution in [0.25, 0.3) is 11.3 Å². The van der Waals surface area contributed by atoms with Crippen molar-refractivity contribution < 1.29 is 18.0 Å². The normalized spacial score (nSPS) is 14.7. The Morgan fingerprint density at radius 1 is 1.00 bits per heavy atom. The van der Waals surface area contributed by atoms with Crippen LogP contribution in [0.3, 0.4) is 0 Å². The molecule has 2 heterocycles. The van der Waals surface area contributed by atoms with Gasteiger partial charge in [0, 0.05) is 51.6 Å². The zero-order valence-corrected chi connectivity index (χ0v) is 17.3. The lowest BCUT2D eigenvalue weighted by Crippen LogP contribution is -2.49. The molecule has 0 radical (unpaired) electrons. The van der Waals surface area contributed by atoms with Crippen molar-refractivity contribution in [2.75, 3.05) is 32.7 Å². The van der Waals surface area contributed by atoms with Gasteiger partial charge in [-0.05, 0) is 24.1 Å². The van der Waals surface area contributed by atoms with Crippen LogP contribution < -0.4 is 0 Å². The molecule has 4 rings (SSSR count). The SMILES string of the molecule is O=C(CCc1ncc(-c2ccc(F)cc2F)o1)N1CCN(CCc2ccccc2)CC1. The summed E-state index contributed by atoms with van der Waals surface area (Å²) in [6, 6.07) is 13.7. The summed E-state index contributed by atoms with van der Waals surface area (Å²) in [5, 5.41) is 0. The number of benzene rings is 2. The first-order chi connectivity index (χ1) is 15.1. The predicted octanol–water partition coefficient (Wildman–Crippen LogP) is 3.94. The van der Waals surface area contributed by atoms with Gasteiger partial charge in [0.05, 0.1) is 11.8 Å². The second kappa shape index (κ2) is 9.83. The topological polar surface area (TPSA) is 49.6 Å². The zero-order valence-electron chi connectivity index (χ0n) is 17.3. The van der Waals surface area contributed by atoms with Gasteiger partial charge < -0.3 is 9.32 Å². The highest BCUT2D eigenvalue weighted by Gasteiger charge is 2.21. The van der Waals surface area contributed by atoms with Crippen molar-refractivity contribution in [2.45, 2.75) is 19.3 Å². The molecule has 0 N–H and O–H groups in total. The van der Waals surface area contributed by atoms with Crippen molar-refractivity contribution in [3.63, 3.8) is 0 Å². The zero-order chi connectivity index (χ0) is 21.6. The molecule has 0 saturated carbocycles. The van der Waals surface area contributed by atoms with Gasteiger partial charge in [-0.25, -0.2) is 13.8 Å². The number of carbonyl (C=O) groups excluding carboxylic acids is 1. The number of amides is 1. The van der Waals surface area contributed by atoms with E-state index in [-0.39, 0.29) is 23.7 Å². The lowest BCUT2D eigenvalue weighted by molar-refractivity contribution is -0.133. The second-order valence-electron chi connectivity index (χ2n) is 7.70. The Labute approximate surface area is 180 Å². The fourth-order valence-corrected chi connectivity index (χ4v) is 3.76. The van der Waals surface area contributed by atoms with Gasteiger partial charge in [0.25, 0.3) is 0 Å². The first-order valence-electron chi connectivity index (χ1n) is 10.5. The minimum Gasteiger partial charge on any atom is -0.441 e. The Hall–Kier alpha value is -3.06. The van der Waals surface area contributed by atoms with E-state index >= 15 is 0 Å². The molecule has 1 amide bonds. The lowest BCUT2D eigenvalue weighted by Gasteiger charge is -2.34. The first-order valence-corrected chi connectivity index (χ1v) is 10.5. The van der Waals surface area contributed by atoms with Gasteiger partial charge in [-0.1, -0.05) is 30.3 Å². The third-order valence-electron chi connectivity index (χ3n) is 5.59. The third kappa shape index (κ3) is 5.55. The van der Waals surface area contributed by atoms with Crippen LogP contribution in [-0.2, 0) is 17.6 Å². The Bertz CT molecular complexity index is 1010. The molecule has 31 heavy (non-hydrogen) atoms. The summed E-state index contributed by atoms with van der Waals surface area (Å²) in [6.07, 6.45) is 3.04. The molecule has 2 aromatic carbocycles. The molecule has 0 atom stereocenters. The van der Waals surface area contributed by atoms with Crippen LogP contribution in [0.4, 0.5) is 8.78 Å². The highest BCUT2D eigenvalue weighted by molar-refractivity contribution is 5.76. The molecule has 1 saturated heterocycles. The molecule has 1 aliphatic heterocycles.